The Morgan fingerprint density at radius 1 is 1.03 bits per heavy atom. The maximum atomic E-state index is 13.7. The molecule has 6 heteroatoms. The summed E-state index contributed by atoms with van der Waals surface area (Å²) in [6, 6.07) is 17.3. The number of benzene rings is 3. The molecule has 3 aromatic rings. The first kappa shape index (κ1) is 25.7. The van der Waals surface area contributed by atoms with Gasteiger partial charge in [0, 0.05) is 43.3 Å². The summed E-state index contributed by atoms with van der Waals surface area (Å²) in [6.45, 7) is 5.68. The quantitative estimate of drug-likeness (QED) is 0.323. The van der Waals surface area contributed by atoms with E-state index in [0.717, 1.165) is 65.9 Å². The molecule has 2 atom stereocenters. The van der Waals surface area contributed by atoms with Crippen molar-refractivity contribution in [1.29, 1.82) is 0 Å². The third-order valence-corrected chi connectivity index (χ3v) is 7.08. The zero-order valence-electron chi connectivity index (χ0n) is 21.3. The molecule has 190 valence electrons. The molecule has 4 nitrogen and oxygen atoms in total. The Kier molecular flexibility index (Phi) is 8.24. The Morgan fingerprint density at radius 3 is 2.33 bits per heavy atom. The van der Waals surface area contributed by atoms with Crippen molar-refractivity contribution in [3.8, 4) is 0 Å². The van der Waals surface area contributed by atoms with Crippen LogP contribution in [0.25, 0.3) is 0 Å². The van der Waals surface area contributed by atoms with Crippen LogP contribution in [-0.4, -0.2) is 26.2 Å². The molecule has 36 heavy (non-hydrogen) atoms. The van der Waals surface area contributed by atoms with Crippen molar-refractivity contribution in [3.63, 3.8) is 0 Å². The van der Waals surface area contributed by atoms with Gasteiger partial charge in [-0.3, -0.25) is 0 Å². The molecule has 0 aliphatic carbocycles. The van der Waals surface area contributed by atoms with Gasteiger partial charge in [-0.1, -0.05) is 44.5 Å². The molecule has 2 amide bonds. The minimum Gasteiger partial charge on any atom is -0.374 e. The molecule has 2 N–H and O–H groups in total. The fourth-order valence-electron chi connectivity index (χ4n) is 5.24. The number of carbonyl (C=O) groups is 1. The first-order chi connectivity index (χ1) is 17.4. The Morgan fingerprint density at radius 2 is 1.69 bits per heavy atom. The van der Waals surface area contributed by atoms with Gasteiger partial charge >= 0.3 is 6.03 Å². The van der Waals surface area contributed by atoms with Crippen LogP contribution < -0.4 is 15.5 Å². The second-order valence-electron chi connectivity index (χ2n) is 9.56. The van der Waals surface area contributed by atoms with E-state index >= 15 is 0 Å². The molecule has 4 rings (SSSR count). The van der Waals surface area contributed by atoms with Crippen LogP contribution in [0.5, 0.6) is 0 Å². The number of hydrogen-bond donors (Lipinski definition) is 2. The second-order valence-corrected chi connectivity index (χ2v) is 9.56. The van der Waals surface area contributed by atoms with Crippen LogP contribution in [0.1, 0.15) is 73.6 Å². The summed E-state index contributed by atoms with van der Waals surface area (Å²) in [5.74, 6) is -0.415. The number of unbranched alkanes of at least 4 members (excludes halogenated alkanes) is 1. The number of nitrogens with zero attached hydrogens (tertiary/aromatic N) is 1. The molecule has 0 aromatic heterocycles. The Hall–Kier alpha value is -3.41. The van der Waals surface area contributed by atoms with Gasteiger partial charge in [-0.2, -0.15) is 0 Å². The Bertz CT molecular complexity index is 1180. The molecule has 0 fully saturated rings. The van der Waals surface area contributed by atoms with Crippen LogP contribution in [0.4, 0.5) is 25.0 Å². The number of halogens is 2. The third kappa shape index (κ3) is 5.69. The molecular formula is C30H35F2N3O. The number of rotatable bonds is 8. The lowest BCUT2D eigenvalue weighted by atomic mass is 9.79. The number of anilines is 2. The van der Waals surface area contributed by atoms with Crippen molar-refractivity contribution >= 4 is 17.4 Å². The Balaban J connectivity index is 1.82. The van der Waals surface area contributed by atoms with Crippen LogP contribution in [0, 0.1) is 11.6 Å². The largest absolute Gasteiger partial charge is 0.374 e. The molecule has 0 radical (unpaired) electrons. The SMILES string of the molecule is CCCCNC(=O)Nc1cc([C@@H](CC)c2ccc(F)cc2)c2c(c1)[C@H](c1ccc(F)cc1)CCN2C. The highest BCUT2D eigenvalue weighted by atomic mass is 19.1. The first-order valence-corrected chi connectivity index (χ1v) is 12.9. The summed E-state index contributed by atoms with van der Waals surface area (Å²) < 4.78 is 27.4. The zero-order valence-corrected chi connectivity index (χ0v) is 21.3. The highest BCUT2D eigenvalue weighted by molar-refractivity contribution is 5.90. The molecule has 0 spiro atoms. The van der Waals surface area contributed by atoms with Gasteiger partial charge in [-0.15, -0.1) is 0 Å². The molecule has 0 unspecified atom stereocenters. The van der Waals surface area contributed by atoms with E-state index < -0.39 is 0 Å². The fraction of sp³-hybridized carbons (Fsp3) is 0.367. The van der Waals surface area contributed by atoms with Gasteiger partial charge in [0.1, 0.15) is 11.6 Å². The van der Waals surface area contributed by atoms with Gasteiger partial charge in [0.25, 0.3) is 0 Å². The van der Waals surface area contributed by atoms with Crippen molar-refractivity contribution in [2.24, 2.45) is 0 Å². The Labute approximate surface area is 212 Å². The summed E-state index contributed by atoms with van der Waals surface area (Å²) in [4.78, 5) is 14.9. The lowest BCUT2D eigenvalue weighted by Crippen LogP contribution is -2.31. The average Bonchev–Trinajstić information content (AvgIpc) is 2.86. The van der Waals surface area contributed by atoms with E-state index in [1.165, 1.54) is 24.3 Å². The van der Waals surface area contributed by atoms with E-state index in [1.54, 1.807) is 0 Å². The molecule has 0 bridgehead atoms. The van der Waals surface area contributed by atoms with Gasteiger partial charge in [0.15, 0.2) is 0 Å². The normalized spacial score (nSPS) is 15.8. The number of nitrogens with one attached hydrogen (secondary N) is 2. The van der Waals surface area contributed by atoms with Gasteiger partial charge in [-0.25, -0.2) is 13.6 Å². The molecular weight excluding hydrogens is 456 g/mol. The minimum absolute atomic E-state index is 0.0265. The number of carbonyl (C=O) groups excluding carboxylic acids is 1. The standard InChI is InChI=1S/C30H35F2N3O/c1-4-6-16-33-30(36)34-24-18-27(25(5-2)20-7-11-22(31)12-8-20)29-28(19-24)26(15-17-35(29)3)21-9-13-23(32)14-10-21/h7-14,18-19,25-26H,4-6,15-17H2,1-3H3,(H2,33,34,36)/t25-,26-/m0/s1. The predicted octanol–water partition coefficient (Wildman–Crippen LogP) is 7.40. The van der Waals surface area contributed by atoms with E-state index in [4.69, 9.17) is 0 Å². The van der Waals surface area contributed by atoms with Crippen molar-refractivity contribution in [2.45, 2.75) is 51.4 Å². The van der Waals surface area contributed by atoms with Crippen LogP contribution in [0.2, 0.25) is 0 Å². The summed E-state index contributed by atoms with van der Waals surface area (Å²) in [5.41, 5.74) is 6.14. The van der Waals surface area contributed by atoms with E-state index in [1.807, 2.05) is 24.3 Å². The lowest BCUT2D eigenvalue weighted by molar-refractivity contribution is 0.252. The molecule has 3 aromatic carbocycles. The van der Waals surface area contributed by atoms with E-state index in [9.17, 15) is 13.6 Å². The average molecular weight is 492 g/mol. The van der Waals surface area contributed by atoms with Crippen molar-refractivity contribution in [2.75, 3.05) is 30.4 Å². The number of urea groups is 1. The highest BCUT2D eigenvalue weighted by Crippen LogP contribution is 2.46. The van der Waals surface area contributed by atoms with Crippen LogP contribution in [0.3, 0.4) is 0 Å². The van der Waals surface area contributed by atoms with Crippen LogP contribution >= 0.6 is 0 Å². The van der Waals surface area contributed by atoms with Gasteiger partial charge in [0.05, 0.1) is 0 Å². The van der Waals surface area contributed by atoms with Crippen LogP contribution in [0.15, 0.2) is 60.7 Å². The van der Waals surface area contributed by atoms with E-state index in [2.05, 4.69) is 48.6 Å². The van der Waals surface area contributed by atoms with Gasteiger partial charge in [-0.05, 0) is 77.9 Å². The predicted molar refractivity (Wildman–Crippen MR) is 143 cm³/mol. The fourth-order valence-corrected chi connectivity index (χ4v) is 5.24. The maximum Gasteiger partial charge on any atom is 0.319 e. The lowest BCUT2D eigenvalue weighted by Gasteiger charge is -2.37. The van der Waals surface area contributed by atoms with Gasteiger partial charge < -0.3 is 15.5 Å². The van der Waals surface area contributed by atoms with Crippen LogP contribution in [-0.2, 0) is 0 Å². The van der Waals surface area contributed by atoms with E-state index in [0.29, 0.717) is 6.54 Å². The molecule has 1 aliphatic rings. The summed E-state index contributed by atoms with van der Waals surface area (Å²) in [7, 11) is 2.09. The van der Waals surface area contributed by atoms with E-state index in [-0.39, 0.29) is 29.5 Å². The molecule has 0 saturated heterocycles. The van der Waals surface area contributed by atoms with Crippen molar-refractivity contribution in [3.05, 3.63) is 94.6 Å². The van der Waals surface area contributed by atoms with Crippen molar-refractivity contribution in [1.82, 2.24) is 5.32 Å². The van der Waals surface area contributed by atoms with Crippen molar-refractivity contribution < 1.29 is 13.6 Å². The maximum absolute atomic E-state index is 13.7. The molecule has 1 heterocycles. The number of hydrogen-bond acceptors (Lipinski definition) is 2. The van der Waals surface area contributed by atoms with Gasteiger partial charge in [0.2, 0.25) is 0 Å². The zero-order chi connectivity index (χ0) is 25.7. The topological polar surface area (TPSA) is 44.4 Å². The first-order valence-electron chi connectivity index (χ1n) is 12.9. The molecule has 1 aliphatic heterocycles. The summed E-state index contributed by atoms with van der Waals surface area (Å²) in [5, 5.41) is 5.97. The summed E-state index contributed by atoms with van der Waals surface area (Å²) >= 11 is 0. The third-order valence-electron chi connectivity index (χ3n) is 7.08. The second kappa shape index (κ2) is 11.5. The highest BCUT2D eigenvalue weighted by Gasteiger charge is 2.30. The number of fused-ring (bicyclic) bond motifs is 1. The minimum atomic E-state index is -0.261. The monoisotopic (exact) mass is 491 g/mol. The smallest absolute Gasteiger partial charge is 0.319 e. The molecule has 0 saturated carbocycles. The number of amides is 2. The summed E-state index contributed by atoms with van der Waals surface area (Å²) in [6.07, 6.45) is 3.63.